The van der Waals surface area contributed by atoms with E-state index in [1.807, 2.05) is 0 Å². The smallest absolute Gasteiger partial charge is 0.746 e. The second-order valence-corrected chi connectivity index (χ2v) is 3.58. The Morgan fingerprint density at radius 2 is 1.90 bits per heavy atom. The Labute approximate surface area is 81.1 Å². The maximum absolute atomic E-state index is 9.92. The fourth-order valence-corrected chi connectivity index (χ4v) is 0.237. The molecule has 0 aliphatic rings. The van der Waals surface area contributed by atoms with Gasteiger partial charge in [-0.05, 0) is 6.92 Å². The van der Waals surface area contributed by atoms with Crippen molar-refractivity contribution >= 4 is 10.1 Å². The maximum Gasteiger partial charge on any atom is 1.00 e. The Morgan fingerprint density at radius 1 is 1.60 bits per heavy atom. The van der Waals surface area contributed by atoms with E-state index in [2.05, 4.69) is 0 Å². The minimum atomic E-state index is -4.80. The van der Waals surface area contributed by atoms with E-state index in [0.717, 1.165) is 6.92 Å². The molecule has 0 bridgehead atoms. The number of aliphatic hydroxyl groups excluding tert-OH is 1. The van der Waals surface area contributed by atoms with Gasteiger partial charge in [-0.2, -0.15) is 0 Å². The van der Waals surface area contributed by atoms with Crippen molar-refractivity contribution in [2.24, 2.45) is 0 Å². The molecule has 56 valence electrons. The third-order valence-corrected chi connectivity index (χ3v) is 2.04. The molecule has 2 N–H and O–H groups in total. The minimum Gasteiger partial charge on any atom is -0.746 e. The van der Waals surface area contributed by atoms with Crippen LogP contribution in [0.2, 0.25) is 0 Å². The van der Waals surface area contributed by atoms with Gasteiger partial charge in [-0.3, -0.25) is 0 Å². The predicted molar refractivity (Wildman–Crippen MR) is 27.4 cm³/mol. The Morgan fingerprint density at radius 3 is 1.90 bits per heavy atom. The zero-order chi connectivity index (χ0) is 7.71. The van der Waals surface area contributed by atoms with E-state index < -0.39 is 21.7 Å². The van der Waals surface area contributed by atoms with Crippen LogP contribution in [-0.2, 0) is 10.1 Å². The molecule has 5 nitrogen and oxygen atoms in total. The Balaban J connectivity index is 0. The summed E-state index contributed by atoms with van der Waals surface area (Å²) in [5.74, 6) is 0. The van der Waals surface area contributed by atoms with Gasteiger partial charge in [-0.25, -0.2) is 8.42 Å². The van der Waals surface area contributed by atoms with Crippen LogP contribution in [0.15, 0.2) is 0 Å². The van der Waals surface area contributed by atoms with Crippen LogP contribution in [0, 0.1) is 0 Å². The summed E-state index contributed by atoms with van der Waals surface area (Å²) in [7, 11) is -4.80. The normalized spacial score (nSPS) is 17.2. The van der Waals surface area contributed by atoms with E-state index in [0.29, 0.717) is 0 Å². The molecule has 7 heteroatoms. The van der Waals surface area contributed by atoms with Crippen LogP contribution in [0.3, 0.4) is 0 Å². The molecule has 0 aromatic carbocycles. The van der Waals surface area contributed by atoms with Gasteiger partial charge in [-0.1, -0.05) is 0 Å². The summed E-state index contributed by atoms with van der Waals surface area (Å²) < 4.78 is 29.8. The van der Waals surface area contributed by atoms with Crippen molar-refractivity contribution in [3.05, 3.63) is 0 Å². The van der Waals surface area contributed by atoms with Gasteiger partial charge in [0.2, 0.25) is 0 Å². The van der Waals surface area contributed by atoms with Crippen molar-refractivity contribution in [1.29, 1.82) is 0 Å². The summed E-state index contributed by atoms with van der Waals surface area (Å²) in [6, 6.07) is 0. The van der Waals surface area contributed by atoms with Gasteiger partial charge in [0.1, 0.15) is 10.1 Å². The van der Waals surface area contributed by atoms with E-state index in [1.54, 1.807) is 0 Å². The van der Waals surface area contributed by atoms with Gasteiger partial charge in [0.05, 0.1) is 6.61 Å². The SMILES string of the molecule is CC(O)(CO)S(=O)(=O)[O-].[Na+]. The van der Waals surface area contributed by atoms with Crippen LogP contribution in [0.25, 0.3) is 0 Å². The average Bonchev–Trinajstić information content (AvgIpc) is 1.64. The molecule has 0 aromatic heterocycles. The molecule has 0 saturated carbocycles. The molecule has 0 amide bonds. The van der Waals surface area contributed by atoms with Crippen molar-refractivity contribution in [2.75, 3.05) is 6.61 Å². The molecule has 0 rings (SSSR count). The topological polar surface area (TPSA) is 97.7 Å². The van der Waals surface area contributed by atoms with Crippen molar-refractivity contribution in [3.8, 4) is 0 Å². The monoisotopic (exact) mass is 178 g/mol. The van der Waals surface area contributed by atoms with Crippen molar-refractivity contribution in [1.82, 2.24) is 0 Å². The molecule has 0 aliphatic carbocycles. The first-order valence-corrected chi connectivity index (χ1v) is 3.51. The number of rotatable bonds is 2. The molecule has 0 fully saturated rings. The summed E-state index contributed by atoms with van der Waals surface area (Å²) in [6.07, 6.45) is 0. The van der Waals surface area contributed by atoms with Gasteiger partial charge < -0.3 is 14.8 Å². The summed E-state index contributed by atoms with van der Waals surface area (Å²) >= 11 is 0. The van der Waals surface area contributed by atoms with Crippen LogP contribution in [0.5, 0.6) is 0 Å². The molecule has 0 spiro atoms. The van der Waals surface area contributed by atoms with Crippen LogP contribution in [0.4, 0.5) is 0 Å². The van der Waals surface area contributed by atoms with Crippen LogP contribution in [-0.4, -0.2) is 34.7 Å². The molecule has 0 heterocycles. The zero-order valence-electron chi connectivity index (χ0n) is 5.73. The van der Waals surface area contributed by atoms with E-state index in [-0.39, 0.29) is 29.6 Å². The van der Waals surface area contributed by atoms with E-state index in [9.17, 15) is 13.0 Å². The maximum atomic E-state index is 9.92. The first kappa shape index (κ1) is 13.4. The van der Waals surface area contributed by atoms with Crippen molar-refractivity contribution in [2.45, 2.75) is 11.9 Å². The third kappa shape index (κ3) is 3.29. The molecular weight excluding hydrogens is 171 g/mol. The summed E-state index contributed by atoms with van der Waals surface area (Å²) in [6.45, 7) is -0.353. The second kappa shape index (κ2) is 4.01. The average molecular weight is 178 g/mol. The van der Waals surface area contributed by atoms with Gasteiger partial charge in [0.25, 0.3) is 0 Å². The molecule has 0 aliphatic heterocycles. The molecule has 1 unspecified atom stereocenters. The van der Waals surface area contributed by atoms with Gasteiger partial charge >= 0.3 is 29.6 Å². The third-order valence-electron chi connectivity index (χ3n) is 0.832. The van der Waals surface area contributed by atoms with Gasteiger partial charge in [0, 0.05) is 0 Å². The summed E-state index contributed by atoms with van der Waals surface area (Å²) in [5, 5.41) is 16.6. The molecule has 1 atom stereocenters. The number of hydrogen-bond donors (Lipinski definition) is 2. The zero-order valence-corrected chi connectivity index (χ0v) is 8.55. The first-order valence-electron chi connectivity index (χ1n) is 2.10. The van der Waals surface area contributed by atoms with Crippen LogP contribution >= 0.6 is 0 Å². The van der Waals surface area contributed by atoms with Gasteiger partial charge in [-0.15, -0.1) is 0 Å². The standard InChI is InChI=1S/C3H8O5S.Na/c1-3(5,2-4)9(6,7)8;/h4-5H,2H2,1H3,(H,6,7,8);/q;+1/p-1. The summed E-state index contributed by atoms with van der Waals surface area (Å²) in [4.78, 5) is -2.55. The van der Waals surface area contributed by atoms with Crippen molar-refractivity contribution < 1.29 is 52.7 Å². The fraction of sp³-hybridized carbons (Fsp3) is 1.00. The Hall–Kier alpha value is 0.830. The first-order chi connectivity index (χ1) is 3.81. The molecule has 0 saturated heterocycles. The predicted octanol–water partition coefficient (Wildman–Crippen LogP) is -4.76. The molecular formula is C3H7NaO5S. The second-order valence-electron chi connectivity index (χ2n) is 1.79. The molecule has 0 aromatic rings. The minimum absolute atomic E-state index is 0. The summed E-state index contributed by atoms with van der Waals surface area (Å²) in [5.41, 5.74) is 0. The van der Waals surface area contributed by atoms with Crippen LogP contribution in [0.1, 0.15) is 6.92 Å². The number of hydrogen-bond acceptors (Lipinski definition) is 5. The largest absolute Gasteiger partial charge is 1.00 e. The Kier molecular flexibility index (Phi) is 5.38. The van der Waals surface area contributed by atoms with E-state index >= 15 is 0 Å². The van der Waals surface area contributed by atoms with Crippen LogP contribution < -0.4 is 29.6 Å². The Bertz CT molecular complexity index is 183. The fourth-order valence-electron chi connectivity index (χ4n) is 0.0791. The van der Waals surface area contributed by atoms with E-state index in [1.165, 1.54) is 0 Å². The quantitative estimate of drug-likeness (QED) is 0.327. The van der Waals surface area contributed by atoms with E-state index in [4.69, 9.17) is 10.2 Å². The number of aliphatic hydroxyl groups is 2. The van der Waals surface area contributed by atoms with Crippen molar-refractivity contribution in [3.63, 3.8) is 0 Å². The van der Waals surface area contributed by atoms with Gasteiger partial charge in [0.15, 0.2) is 4.93 Å². The molecule has 10 heavy (non-hydrogen) atoms. The molecule has 0 radical (unpaired) electrons.